The molecule has 3 aliphatic rings. The molecule has 1 amide bonds. The zero-order valence-corrected chi connectivity index (χ0v) is 19.5. The van der Waals surface area contributed by atoms with Crippen LogP contribution in [0.15, 0.2) is 48.5 Å². The molecule has 5 rings (SSSR count). The van der Waals surface area contributed by atoms with E-state index < -0.39 is 21.5 Å². The lowest BCUT2D eigenvalue weighted by Crippen LogP contribution is -2.33. The fraction of sp³-hybridized carbons (Fsp3) is 0.400. The summed E-state index contributed by atoms with van der Waals surface area (Å²) < 4.78 is 42.9. The highest BCUT2D eigenvalue weighted by atomic mass is 32.2. The van der Waals surface area contributed by atoms with Crippen LogP contribution < -0.4 is 4.90 Å². The lowest BCUT2D eigenvalue weighted by atomic mass is 9.78. The van der Waals surface area contributed by atoms with Gasteiger partial charge in [-0.3, -0.25) is 14.5 Å². The SMILES string of the molecule is CC1(CC(=O)c2ccc3c(c2)C2(CC2)C(=O)N3c2ccccc2)CCS(=O)(=O)CC1.O=C(F)F. The zero-order chi connectivity index (χ0) is 24.7. The lowest BCUT2D eigenvalue weighted by Gasteiger charge is -2.32. The molecule has 0 aromatic heterocycles. The number of Topliss-reactive ketones (excluding diaryl/α,β-unsaturated/α-hetero) is 1. The van der Waals surface area contributed by atoms with Gasteiger partial charge in [0.1, 0.15) is 9.84 Å². The number of ketones is 1. The summed E-state index contributed by atoms with van der Waals surface area (Å²) in [5.41, 5.74) is 2.53. The summed E-state index contributed by atoms with van der Waals surface area (Å²) in [4.78, 5) is 36.2. The number of benzene rings is 2. The van der Waals surface area contributed by atoms with E-state index in [4.69, 9.17) is 4.79 Å². The van der Waals surface area contributed by atoms with Gasteiger partial charge in [-0.05, 0) is 67.0 Å². The van der Waals surface area contributed by atoms with Gasteiger partial charge < -0.3 is 0 Å². The molecule has 0 N–H and O–H groups in total. The topological polar surface area (TPSA) is 88.6 Å². The smallest absolute Gasteiger partial charge is 0.294 e. The third-order valence-electron chi connectivity index (χ3n) is 7.07. The van der Waals surface area contributed by atoms with Crippen LogP contribution in [0.3, 0.4) is 0 Å². The molecule has 2 aliphatic heterocycles. The molecular weight excluding hydrogens is 464 g/mol. The summed E-state index contributed by atoms with van der Waals surface area (Å²) in [7, 11) is -2.96. The van der Waals surface area contributed by atoms with Crippen molar-refractivity contribution >= 4 is 39.2 Å². The summed E-state index contributed by atoms with van der Waals surface area (Å²) in [5.74, 6) is 0.439. The van der Waals surface area contributed by atoms with Gasteiger partial charge in [-0.1, -0.05) is 25.1 Å². The van der Waals surface area contributed by atoms with Crippen molar-refractivity contribution in [1.29, 1.82) is 0 Å². The zero-order valence-electron chi connectivity index (χ0n) is 18.7. The molecular formula is C25H25F2NO5S. The van der Waals surface area contributed by atoms with Crippen molar-refractivity contribution in [2.45, 2.75) is 44.4 Å². The van der Waals surface area contributed by atoms with Crippen molar-refractivity contribution < 1.29 is 31.6 Å². The Balaban J connectivity index is 0.000000636. The molecule has 1 saturated heterocycles. The number of para-hydroxylation sites is 1. The fourth-order valence-corrected chi connectivity index (χ4v) is 6.68. The van der Waals surface area contributed by atoms with Crippen molar-refractivity contribution in [3.63, 3.8) is 0 Å². The number of carbonyl (C=O) groups excluding carboxylic acids is 3. The number of sulfone groups is 1. The van der Waals surface area contributed by atoms with Crippen LogP contribution in [0.5, 0.6) is 0 Å². The largest absolute Gasteiger partial charge is 0.483 e. The maximum atomic E-state index is 13.2. The molecule has 1 aliphatic carbocycles. The van der Waals surface area contributed by atoms with E-state index in [-0.39, 0.29) is 28.6 Å². The monoisotopic (exact) mass is 489 g/mol. The Bertz CT molecular complexity index is 1240. The summed E-state index contributed by atoms with van der Waals surface area (Å²) in [6.45, 7) is 2.01. The van der Waals surface area contributed by atoms with Gasteiger partial charge in [0.15, 0.2) is 5.78 Å². The van der Waals surface area contributed by atoms with Gasteiger partial charge in [-0.25, -0.2) is 13.2 Å². The Morgan fingerprint density at radius 3 is 2.12 bits per heavy atom. The maximum Gasteiger partial charge on any atom is 0.483 e. The van der Waals surface area contributed by atoms with Crippen molar-refractivity contribution in [1.82, 2.24) is 0 Å². The van der Waals surface area contributed by atoms with Crippen molar-refractivity contribution in [3.05, 3.63) is 59.7 Å². The van der Waals surface area contributed by atoms with Crippen LogP contribution in [-0.4, -0.2) is 37.9 Å². The minimum atomic E-state index is -2.96. The first-order valence-electron chi connectivity index (χ1n) is 11.1. The summed E-state index contributed by atoms with van der Waals surface area (Å²) in [6.07, 6.45) is 0.182. The number of carbonyl (C=O) groups is 3. The molecule has 0 bridgehead atoms. The van der Waals surface area contributed by atoms with Crippen LogP contribution in [0, 0.1) is 5.41 Å². The summed E-state index contributed by atoms with van der Waals surface area (Å²) in [6, 6.07) is 15.3. The van der Waals surface area contributed by atoms with Crippen LogP contribution in [0.25, 0.3) is 0 Å². The van der Waals surface area contributed by atoms with E-state index in [1.165, 1.54) is 0 Å². The highest BCUT2D eigenvalue weighted by molar-refractivity contribution is 7.91. The molecule has 1 spiro atoms. The lowest BCUT2D eigenvalue weighted by molar-refractivity contribution is -0.119. The van der Waals surface area contributed by atoms with Gasteiger partial charge in [0, 0.05) is 17.7 Å². The molecule has 0 radical (unpaired) electrons. The number of halogens is 2. The van der Waals surface area contributed by atoms with E-state index in [1.807, 2.05) is 55.5 Å². The highest BCUT2D eigenvalue weighted by Gasteiger charge is 2.59. The Hall–Kier alpha value is -2.94. The predicted octanol–water partition coefficient (Wildman–Crippen LogP) is 5.23. The van der Waals surface area contributed by atoms with Crippen molar-refractivity contribution in [2.75, 3.05) is 16.4 Å². The van der Waals surface area contributed by atoms with Crippen LogP contribution in [0.2, 0.25) is 0 Å². The van der Waals surface area contributed by atoms with Gasteiger partial charge in [-0.15, -0.1) is 8.78 Å². The normalized spacial score (nSPS) is 20.8. The Labute approximate surface area is 196 Å². The second-order valence-corrected chi connectivity index (χ2v) is 11.9. The van der Waals surface area contributed by atoms with Gasteiger partial charge >= 0.3 is 6.29 Å². The minimum absolute atomic E-state index is 0.0287. The Kier molecular flexibility index (Phi) is 6.18. The third kappa shape index (κ3) is 4.66. The number of nitrogens with zero attached hydrogens (tertiary/aromatic N) is 1. The van der Waals surface area contributed by atoms with E-state index in [0.717, 1.165) is 29.8 Å². The number of amides is 1. The third-order valence-corrected chi connectivity index (χ3v) is 8.72. The summed E-state index contributed by atoms with van der Waals surface area (Å²) in [5, 5.41) is 0. The van der Waals surface area contributed by atoms with Crippen LogP contribution in [0.1, 0.15) is 54.9 Å². The first kappa shape index (κ1) is 24.2. The van der Waals surface area contributed by atoms with Gasteiger partial charge in [0.25, 0.3) is 0 Å². The molecule has 9 heteroatoms. The van der Waals surface area contributed by atoms with Gasteiger partial charge in [0.2, 0.25) is 5.91 Å². The molecule has 0 atom stereocenters. The molecule has 2 heterocycles. The van der Waals surface area contributed by atoms with Crippen LogP contribution in [-0.2, 0) is 20.0 Å². The van der Waals surface area contributed by atoms with Crippen molar-refractivity contribution in [2.24, 2.45) is 5.41 Å². The van der Waals surface area contributed by atoms with E-state index in [2.05, 4.69) is 0 Å². The first-order chi connectivity index (χ1) is 16.0. The molecule has 0 unspecified atom stereocenters. The van der Waals surface area contributed by atoms with Gasteiger partial charge in [0.05, 0.1) is 22.6 Å². The number of hydrogen-bond acceptors (Lipinski definition) is 5. The first-order valence-corrected chi connectivity index (χ1v) is 12.9. The second-order valence-electron chi connectivity index (χ2n) is 9.58. The average molecular weight is 490 g/mol. The van der Waals surface area contributed by atoms with Crippen molar-refractivity contribution in [3.8, 4) is 0 Å². The molecule has 2 fully saturated rings. The molecule has 2 aromatic rings. The summed E-state index contributed by atoms with van der Waals surface area (Å²) >= 11 is 0. The standard InChI is InChI=1S/C24H25NO4S.CF2O/c1-23(11-13-30(28,29)14-12-23)16-21(26)17-7-8-20-19(15-17)24(9-10-24)22(27)25(20)18-5-3-2-4-6-18;2-1(3)4/h2-8,15H,9-14,16H2,1H3;. The highest BCUT2D eigenvalue weighted by Crippen LogP contribution is 2.59. The molecule has 1 saturated carbocycles. The average Bonchev–Trinajstić information content (AvgIpc) is 3.54. The van der Waals surface area contributed by atoms with E-state index in [9.17, 15) is 26.8 Å². The fourth-order valence-electron chi connectivity index (χ4n) is 4.87. The molecule has 34 heavy (non-hydrogen) atoms. The quantitative estimate of drug-likeness (QED) is 0.433. The van der Waals surface area contributed by atoms with Crippen LogP contribution in [0.4, 0.5) is 25.0 Å². The molecule has 180 valence electrons. The minimum Gasteiger partial charge on any atom is -0.294 e. The number of hydrogen-bond donors (Lipinski definition) is 0. The Morgan fingerprint density at radius 1 is 0.971 bits per heavy atom. The van der Waals surface area contributed by atoms with Crippen LogP contribution >= 0.6 is 0 Å². The molecule has 6 nitrogen and oxygen atoms in total. The number of anilines is 2. The number of rotatable bonds is 4. The predicted molar refractivity (Wildman–Crippen MR) is 123 cm³/mol. The molecule has 2 aromatic carbocycles. The number of fused-ring (bicyclic) bond motifs is 2. The van der Waals surface area contributed by atoms with Gasteiger partial charge in [-0.2, -0.15) is 0 Å². The van der Waals surface area contributed by atoms with E-state index in [1.54, 1.807) is 4.90 Å². The second kappa shape index (κ2) is 8.69. The van der Waals surface area contributed by atoms with E-state index in [0.29, 0.717) is 24.8 Å². The van der Waals surface area contributed by atoms with E-state index >= 15 is 0 Å². The Morgan fingerprint density at radius 2 is 1.56 bits per heavy atom. The maximum absolute atomic E-state index is 13.2.